The lowest BCUT2D eigenvalue weighted by atomic mass is 9.84. The minimum Gasteiger partial charge on any atom is -0.504 e. The number of phenols is 1. The molecule has 0 fully saturated rings. The van der Waals surface area contributed by atoms with Gasteiger partial charge in [-0.15, -0.1) is 0 Å². The van der Waals surface area contributed by atoms with E-state index >= 15 is 0 Å². The van der Waals surface area contributed by atoms with E-state index in [1.165, 1.54) is 7.11 Å². The summed E-state index contributed by atoms with van der Waals surface area (Å²) in [5.74, 6) is 1.52. The number of amides is 1. The molecule has 1 amide bonds. The topological polar surface area (TPSA) is 77.0 Å². The molecule has 2 aromatic carbocycles. The van der Waals surface area contributed by atoms with Gasteiger partial charge >= 0.3 is 0 Å². The molecular formula is C17H15NO5. The molecule has 0 saturated carbocycles. The molecule has 1 atom stereocenters. The van der Waals surface area contributed by atoms with E-state index in [2.05, 4.69) is 5.32 Å². The van der Waals surface area contributed by atoms with Crippen LogP contribution in [0.3, 0.4) is 0 Å². The predicted molar refractivity (Wildman–Crippen MR) is 82.3 cm³/mol. The van der Waals surface area contributed by atoms with E-state index < -0.39 is 0 Å². The van der Waals surface area contributed by atoms with E-state index in [1.54, 1.807) is 18.2 Å². The van der Waals surface area contributed by atoms with Crippen molar-refractivity contribution in [3.8, 4) is 23.0 Å². The van der Waals surface area contributed by atoms with Crippen molar-refractivity contribution in [1.82, 2.24) is 0 Å². The number of rotatable bonds is 2. The maximum absolute atomic E-state index is 12.0. The normalized spacial score (nSPS) is 18.3. The number of nitrogens with one attached hydrogen (secondary N) is 1. The van der Waals surface area contributed by atoms with Crippen molar-refractivity contribution < 1.29 is 24.1 Å². The Morgan fingerprint density at radius 3 is 2.74 bits per heavy atom. The average Bonchev–Trinajstić information content (AvgIpc) is 2.99. The zero-order valence-corrected chi connectivity index (χ0v) is 12.5. The number of carbonyl (C=O) groups is 1. The zero-order valence-electron chi connectivity index (χ0n) is 12.5. The second-order valence-corrected chi connectivity index (χ2v) is 5.53. The summed E-state index contributed by atoms with van der Waals surface area (Å²) in [5.41, 5.74) is 2.50. The van der Waals surface area contributed by atoms with Crippen molar-refractivity contribution in [2.45, 2.75) is 12.3 Å². The van der Waals surface area contributed by atoms with Crippen molar-refractivity contribution in [3.05, 3.63) is 41.5 Å². The summed E-state index contributed by atoms with van der Waals surface area (Å²) in [7, 11) is 1.50. The molecule has 6 heteroatoms. The fraction of sp³-hybridized carbons (Fsp3) is 0.235. The van der Waals surface area contributed by atoms with Gasteiger partial charge in [0, 0.05) is 24.1 Å². The zero-order chi connectivity index (χ0) is 16.0. The van der Waals surface area contributed by atoms with Gasteiger partial charge in [-0.2, -0.15) is 0 Å². The maximum atomic E-state index is 12.0. The van der Waals surface area contributed by atoms with Gasteiger partial charge in [0.15, 0.2) is 23.0 Å². The summed E-state index contributed by atoms with van der Waals surface area (Å²) >= 11 is 0. The summed E-state index contributed by atoms with van der Waals surface area (Å²) in [5, 5.41) is 12.9. The van der Waals surface area contributed by atoms with Gasteiger partial charge in [-0.05, 0) is 29.3 Å². The molecule has 6 nitrogen and oxygen atoms in total. The highest BCUT2D eigenvalue weighted by Crippen LogP contribution is 2.45. The lowest BCUT2D eigenvalue weighted by molar-refractivity contribution is -0.116. The molecule has 0 aliphatic carbocycles. The number of hydrogen-bond donors (Lipinski definition) is 2. The van der Waals surface area contributed by atoms with Gasteiger partial charge in [0.1, 0.15) is 0 Å². The number of aromatic hydroxyl groups is 1. The lowest BCUT2D eigenvalue weighted by Gasteiger charge is -2.26. The fourth-order valence-electron chi connectivity index (χ4n) is 3.07. The van der Waals surface area contributed by atoms with Crippen molar-refractivity contribution in [2.75, 3.05) is 19.2 Å². The van der Waals surface area contributed by atoms with Gasteiger partial charge in [0.05, 0.1) is 7.11 Å². The van der Waals surface area contributed by atoms with E-state index in [1.807, 2.05) is 12.1 Å². The van der Waals surface area contributed by atoms with Crippen LogP contribution >= 0.6 is 0 Å². The van der Waals surface area contributed by atoms with Crippen LogP contribution in [0.15, 0.2) is 30.3 Å². The molecule has 2 aliphatic rings. The van der Waals surface area contributed by atoms with Crippen molar-refractivity contribution >= 4 is 11.6 Å². The molecular weight excluding hydrogens is 298 g/mol. The van der Waals surface area contributed by atoms with E-state index in [0.29, 0.717) is 29.4 Å². The van der Waals surface area contributed by atoms with Gasteiger partial charge in [0.25, 0.3) is 0 Å². The Bertz CT molecular complexity index is 802. The second kappa shape index (κ2) is 5.08. The first-order valence-corrected chi connectivity index (χ1v) is 7.26. The first kappa shape index (κ1) is 13.8. The molecule has 2 aliphatic heterocycles. The van der Waals surface area contributed by atoms with Crippen LogP contribution in [0.2, 0.25) is 0 Å². The summed E-state index contributed by atoms with van der Waals surface area (Å²) < 4.78 is 15.9. The summed E-state index contributed by atoms with van der Waals surface area (Å²) in [6, 6.07) is 8.87. The fourth-order valence-corrected chi connectivity index (χ4v) is 3.07. The number of fused-ring (bicyclic) bond motifs is 2. The Morgan fingerprint density at radius 2 is 2.00 bits per heavy atom. The molecule has 2 N–H and O–H groups in total. The number of methoxy groups -OCH3 is 1. The largest absolute Gasteiger partial charge is 0.504 e. The Hall–Kier alpha value is -2.89. The van der Waals surface area contributed by atoms with Crippen LogP contribution in [-0.4, -0.2) is 24.9 Å². The van der Waals surface area contributed by atoms with Crippen LogP contribution in [0.25, 0.3) is 0 Å². The molecule has 0 spiro atoms. The number of phenolic OH excluding ortho intramolecular Hbond substituents is 1. The number of carbonyl (C=O) groups excluding carboxylic acids is 1. The van der Waals surface area contributed by atoms with E-state index in [4.69, 9.17) is 14.2 Å². The molecule has 2 aromatic rings. The highest BCUT2D eigenvalue weighted by molar-refractivity contribution is 5.96. The number of hydrogen-bond acceptors (Lipinski definition) is 5. The monoisotopic (exact) mass is 313 g/mol. The third-order valence-corrected chi connectivity index (χ3v) is 4.19. The standard InChI is InChI=1S/C17H15NO5/c1-21-14-3-2-9(4-13(14)19)10-6-17(20)18-12-7-16-15(5-11(10)12)22-8-23-16/h2-5,7,10,19H,6,8H2,1H3,(H,18,20)/t10-/m0/s1. The highest BCUT2D eigenvalue weighted by atomic mass is 16.7. The Morgan fingerprint density at radius 1 is 1.22 bits per heavy atom. The highest BCUT2D eigenvalue weighted by Gasteiger charge is 2.30. The van der Waals surface area contributed by atoms with Gasteiger partial charge in [-0.1, -0.05) is 6.07 Å². The third kappa shape index (κ3) is 2.23. The van der Waals surface area contributed by atoms with E-state index in [9.17, 15) is 9.90 Å². The summed E-state index contributed by atoms with van der Waals surface area (Å²) in [6.07, 6.45) is 0.304. The molecule has 23 heavy (non-hydrogen) atoms. The minimum absolute atomic E-state index is 0.0540. The summed E-state index contributed by atoms with van der Waals surface area (Å²) in [6.45, 7) is 0.181. The Balaban J connectivity index is 1.81. The molecule has 0 radical (unpaired) electrons. The lowest BCUT2D eigenvalue weighted by Crippen LogP contribution is -2.23. The quantitative estimate of drug-likeness (QED) is 0.891. The van der Waals surface area contributed by atoms with Crippen LogP contribution in [-0.2, 0) is 4.79 Å². The van der Waals surface area contributed by atoms with Gasteiger partial charge in [-0.3, -0.25) is 4.79 Å². The SMILES string of the molecule is COc1ccc([C@@H]2CC(=O)Nc3cc4c(cc32)OCO4)cc1O. The van der Waals surface area contributed by atoms with Crippen LogP contribution < -0.4 is 19.5 Å². The van der Waals surface area contributed by atoms with Crippen LogP contribution in [0.5, 0.6) is 23.0 Å². The van der Waals surface area contributed by atoms with Crippen LogP contribution in [0.4, 0.5) is 5.69 Å². The first-order chi connectivity index (χ1) is 11.2. The molecule has 0 saturated heterocycles. The Labute approximate surface area is 132 Å². The second-order valence-electron chi connectivity index (χ2n) is 5.53. The molecule has 4 rings (SSSR count). The predicted octanol–water partition coefficient (Wildman–Crippen LogP) is 2.60. The molecule has 0 aromatic heterocycles. The van der Waals surface area contributed by atoms with Crippen molar-refractivity contribution in [1.29, 1.82) is 0 Å². The van der Waals surface area contributed by atoms with Gasteiger partial charge in [0.2, 0.25) is 12.7 Å². The van der Waals surface area contributed by atoms with Crippen molar-refractivity contribution in [3.63, 3.8) is 0 Å². The molecule has 0 bridgehead atoms. The van der Waals surface area contributed by atoms with Gasteiger partial charge < -0.3 is 24.6 Å². The maximum Gasteiger partial charge on any atom is 0.231 e. The Kier molecular flexibility index (Phi) is 3.04. The van der Waals surface area contributed by atoms with Crippen LogP contribution in [0, 0.1) is 0 Å². The summed E-state index contributed by atoms with van der Waals surface area (Å²) in [4.78, 5) is 12.0. The molecule has 118 valence electrons. The van der Waals surface area contributed by atoms with E-state index in [-0.39, 0.29) is 24.4 Å². The smallest absolute Gasteiger partial charge is 0.231 e. The molecule has 2 heterocycles. The third-order valence-electron chi connectivity index (χ3n) is 4.19. The number of ether oxygens (including phenoxy) is 3. The van der Waals surface area contributed by atoms with E-state index in [0.717, 1.165) is 11.1 Å². The molecule has 0 unspecified atom stereocenters. The van der Waals surface area contributed by atoms with Crippen LogP contribution in [0.1, 0.15) is 23.5 Å². The number of benzene rings is 2. The van der Waals surface area contributed by atoms with Crippen molar-refractivity contribution in [2.24, 2.45) is 0 Å². The van der Waals surface area contributed by atoms with Gasteiger partial charge in [-0.25, -0.2) is 0 Å². The number of anilines is 1. The average molecular weight is 313 g/mol. The first-order valence-electron chi connectivity index (χ1n) is 7.26. The minimum atomic E-state index is -0.162.